The van der Waals surface area contributed by atoms with Gasteiger partial charge in [-0.1, -0.05) is 30.3 Å². The molecular weight excluding hydrogens is 474 g/mol. The fourth-order valence-electron chi connectivity index (χ4n) is 3.89. The Morgan fingerprint density at radius 3 is 2.50 bits per heavy atom. The van der Waals surface area contributed by atoms with Crippen LogP contribution in [0.3, 0.4) is 0 Å². The molecule has 0 atom stereocenters. The number of benzene rings is 2. The molecule has 36 heavy (non-hydrogen) atoms. The smallest absolute Gasteiger partial charge is 0.256 e. The first-order valence-electron chi connectivity index (χ1n) is 11.5. The van der Waals surface area contributed by atoms with Crippen molar-refractivity contribution in [2.45, 2.75) is 36.1 Å². The van der Waals surface area contributed by atoms with E-state index in [-0.39, 0.29) is 17.5 Å². The zero-order chi connectivity index (χ0) is 24.6. The summed E-state index contributed by atoms with van der Waals surface area (Å²) in [5, 5.41) is 11.9. The third-order valence-electron chi connectivity index (χ3n) is 5.92. The van der Waals surface area contributed by atoms with Crippen molar-refractivity contribution in [3.63, 3.8) is 0 Å². The van der Waals surface area contributed by atoms with Gasteiger partial charge in [0.2, 0.25) is 5.16 Å². The average Bonchev–Trinajstić information content (AvgIpc) is 3.58. The standard InChI is InChI=1S/C26H21N7O2S/c1-15-20-13-14-21(34)33(19-11-7-17(8-12-19)24(35)28-18-9-10-18)23(20)30-25(27-15)36-26-29-22(31-32-26)16-5-3-2-4-6-16/h2-8,11-14,18H,9-10H2,1H3,(H,28,35)(H,29,31,32). The number of H-pyrrole nitrogens is 1. The Kier molecular flexibility index (Phi) is 5.57. The summed E-state index contributed by atoms with van der Waals surface area (Å²) < 4.78 is 1.53. The quantitative estimate of drug-likeness (QED) is 0.343. The lowest BCUT2D eigenvalue weighted by Crippen LogP contribution is -2.25. The van der Waals surface area contributed by atoms with E-state index in [2.05, 4.69) is 25.5 Å². The number of fused-ring (bicyclic) bond motifs is 1. The van der Waals surface area contributed by atoms with E-state index < -0.39 is 0 Å². The molecule has 0 saturated heterocycles. The van der Waals surface area contributed by atoms with Crippen LogP contribution >= 0.6 is 11.8 Å². The Bertz CT molecular complexity index is 1640. The summed E-state index contributed by atoms with van der Waals surface area (Å²) in [4.78, 5) is 39.1. The number of aromatic nitrogens is 6. The van der Waals surface area contributed by atoms with Gasteiger partial charge in [-0.2, -0.15) is 0 Å². The molecule has 0 spiro atoms. The van der Waals surface area contributed by atoms with Gasteiger partial charge in [-0.25, -0.2) is 15.0 Å². The van der Waals surface area contributed by atoms with Crippen LogP contribution in [-0.4, -0.2) is 41.7 Å². The molecule has 0 bridgehead atoms. The van der Waals surface area contributed by atoms with E-state index in [4.69, 9.17) is 4.98 Å². The molecule has 2 N–H and O–H groups in total. The van der Waals surface area contributed by atoms with E-state index in [0.717, 1.165) is 29.5 Å². The maximum absolute atomic E-state index is 12.9. The number of amides is 1. The maximum atomic E-state index is 12.9. The second-order valence-electron chi connectivity index (χ2n) is 8.57. The number of hydrogen-bond donors (Lipinski definition) is 2. The second kappa shape index (κ2) is 9.04. The summed E-state index contributed by atoms with van der Waals surface area (Å²) in [6.45, 7) is 1.88. The minimum atomic E-state index is -0.226. The Labute approximate surface area is 210 Å². The van der Waals surface area contributed by atoms with Gasteiger partial charge in [-0.15, -0.1) is 5.10 Å². The van der Waals surface area contributed by atoms with Gasteiger partial charge in [-0.3, -0.25) is 19.3 Å². The van der Waals surface area contributed by atoms with Crippen molar-refractivity contribution in [2.24, 2.45) is 0 Å². The molecule has 0 aliphatic heterocycles. The van der Waals surface area contributed by atoms with E-state index in [1.165, 1.54) is 22.4 Å². The minimum Gasteiger partial charge on any atom is -0.349 e. The van der Waals surface area contributed by atoms with Crippen LogP contribution in [0.5, 0.6) is 0 Å². The minimum absolute atomic E-state index is 0.104. The van der Waals surface area contributed by atoms with Gasteiger partial charge in [0, 0.05) is 28.6 Å². The number of rotatable bonds is 6. The maximum Gasteiger partial charge on any atom is 0.256 e. The molecule has 3 heterocycles. The topological polar surface area (TPSA) is 118 Å². The summed E-state index contributed by atoms with van der Waals surface area (Å²) in [6.07, 6.45) is 2.05. The molecule has 1 fully saturated rings. The van der Waals surface area contributed by atoms with Crippen molar-refractivity contribution < 1.29 is 4.79 Å². The van der Waals surface area contributed by atoms with E-state index in [1.54, 1.807) is 30.3 Å². The molecule has 3 aromatic heterocycles. The van der Waals surface area contributed by atoms with Crippen molar-refractivity contribution in [1.82, 2.24) is 35.0 Å². The van der Waals surface area contributed by atoms with Gasteiger partial charge < -0.3 is 5.32 Å². The molecule has 0 unspecified atom stereocenters. The van der Waals surface area contributed by atoms with Crippen molar-refractivity contribution in [2.75, 3.05) is 0 Å². The third-order valence-corrected chi connectivity index (χ3v) is 6.65. The van der Waals surface area contributed by atoms with Crippen LogP contribution < -0.4 is 10.9 Å². The Balaban J connectivity index is 1.35. The molecule has 0 radical (unpaired) electrons. The summed E-state index contributed by atoms with van der Waals surface area (Å²) in [6, 6.07) is 20.2. The predicted molar refractivity (Wildman–Crippen MR) is 136 cm³/mol. The number of carbonyl (C=O) groups is 1. The number of aromatic amines is 1. The Morgan fingerprint density at radius 1 is 0.972 bits per heavy atom. The number of nitrogens with zero attached hydrogens (tertiary/aromatic N) is 5. The molecule has 1 aliphatic rings. The number of nitrogens with one attached hydrogen (secondary N) is 2. The zero-order valence-electron chi connectivity index (χ0n) is 19.3. The number of carbonyl (C=O) groups excluding carboxylic acids is 1. The SMILES string of the molecule is Cc1nc(Sc2n[nH]c(-c3ccccc3)n2)nc2c1ccc(=O)n2-c1ccc(C(=O)NC2CC2)cc1. The lowest BCUT2D eigenvalue weighted by Gasteiger charge is -2.12. The van der Waals surface area contributed by atoms with Gasteiger partial charge in [-0.05, 0) is 61.9 Å². The van der Waals surface area contributed by atoms with Crippen LogP contribution in [0.2, 0.25) is 0 Å². The molecule has 178 valence electrons. The first kappa shape index (κ1) is 22.2. The highest BCUT2D eigenvalue weighted by Crippen LogP contribution is 2.27. The molecule has 10 heteroatoms. The molecule has 1 aliphatic carbocycles. The summed E-state index contributed by atoms with van der Waals surface area (Å²) in [5.74, 6) is 0.547. The highest BCUT2D eigenvalue weighted by atomic mass is 32.2. The molecule has 5 aromatic rings. The van der Waals surface area contributed by atoms with Crippen molar-refractivity contribution in [3.05, 3.63) is 88.3 Å². The van der Waals surface area contributed by atoms with Gasteiger partial charge in [0.1, 0.15) is 0 Å². The van der Waals surface area contributed by atoms with Crippen LogP contribution in [0.25, 0.3) is 28.1 Å². The Hall–Kier alpha value is -4.31. The molecule has 1 amide bonds. The normalized spacial score (nSPS) is 13.1. The van der Waals surface area contributed by atoms with E-state index in [9.17, 15) is 9.59 Å². The monoisotopic (exact) mass is 495 g/mol. The van der Waals surface area contributed by atoms with Crippen LogP contribution in [-0.2, 0) is 0 Å². The van der Waals surface area contributed by atoms with Crippen molar-refractivity contribution in [1.29, 1.82) is 0 Å². The van der Waals surface area contributed by atoms with E-state index in [1.807, 2.05) is 37.3 Å². The second-order valence-corrected chi connectivity index (χ2v) is 9.50. The zero-order valence-corrected chi connectivity index (χ0v) is 20.1. The predicted octanol–water partition coefficient (Wildman–Crippen LogP) is 3.92. The van der Waals surface area contributed by atoms with Gasteiger partial charge in [0.25, 0.3) is 11.5 Å². The summed E-state index contributed by atoms with van der Waals surface area (Å²) >= 11 is 1.22. The van der Waals surface area contributed by atoms with E-state index in [0.29, 0.717) is 33.0 Å². The molecule has 6 rings (SSSR count). The fraction of sp³-hybridized carbons (Fsp3) is 0.154. The van der Waals surface area contributed by atoms with E-state index >= 15 is 0 Å². The lowest BCUT2D eigenvalue weighted by molar-refractivity contribution is 0.0951. The first-order valence-corrected chi connectivity index (χ1v) is 12.3. The largest absolute Gasteiger partial charge is 0.349 e. The van der Waals surface area contributed by atoms with Crippen LogP contribution in [0.4, 0.5) is 0 Å². The van der Waals surface area contributed by atoms with Crippen molar-refractivity contribution >= 4 is 28.7 Å². The number of pyridine rings is 1. The number of aryl methyl sites for hydroxylation is 1. The molecule has 2 aromatic carbocycles. The lowest BCUT2D eigenvalue weighted by atomic mass is 10.1. The van der Waals surface area contributed by atoms with Crippen LogP contribution in [0, 0.1) is 6.92 Å². The van der Waals surface area contributed by atoms with Crippen LogP contribution in [0.1, 0.15) is 28.9 Å². The van der Waals surface area contributed by atoms with Crippen molar-refractivity contribution in [3.8, 4) is 17.1 Å². The summed E-state index contributed by atoms with van der Waals surface area (Å²) in [5.41, 5.74) is 3.08. The Morgan fingerprint density at radius 2 is 1.75 bits per heavy atom. The highest BCUT2D eigenvalue weighted by Gasteiger charge is 2.23. The summed E-state index contributed by atoms with van der Waals surface area (Å²) in [7, 11) is 0. The number of hydrogen-bond acceptors (Lipinski definition) is 7. The highest BCUT2D eigenvalue weighted by molar-refractivity contribution is 7.99. The average molecular weight is 496 g/mol. The third kappa shape index (κ3) is 4.38. The van der Waals surface area contributed by atoms with Crippen LogP contribution in [0.15, 0.2) is 81.8 Å². The molecular formula is C26H21N7O2S. The van der Waals surface area contributed by atoms with Gasteiger partial charge >= 0.3 is 0 Å². The fourth-order valence-corrected chi connectivity index (χ4v) is 4.60. The van der Waals surface area contributed by atoms with Gasteiger partial charge in [0.15, 0.2) is 16.6 Å². The van der Waals surface area contributed by atoms with Gasteiger partial charge in [0.05, 0.1) is 11.4 Å². The first-order chi connectivity index (χ1) is 17.5. The molecule has 9 nitrogen and oxygen atoms in total. The molecule has 1 saturated carbocycles.